The van der Waals surface area contributed by atoms with Crippen LogP contribution in [-0.4, -0.2) is 27.4 Å². The average Bonchev–Trinajstić information content (AvgIpc) is 2.37. The van der Waals surface area contributed by atoms with E-state index >= 15 is 0 Å². The number of rotatable bonds is 4. The molecule has 0 aromatic carbocycles. The quantitative estimate of drug-likeness (QED) is 0.739. The zero-order valence-electron chi connectivity index (χ0n) is 10.7. The standard InChI is InChI=1S/C12H16N4O3/c1-2-6-16-7-5-13-10(12(16)19)14-8-3-4-9(17)15-11(8)18/h5,7-8H,2-4,6H2,1H3,(H,13,14)(H,15,17,18). The second kappa shape index (κ2) is 5.64. The van der Waals surface area contributed by atoms with Crippen molar-refractivity contribution in [2.45, 2.75) is 38.8 Å². The van der Waals surface area contributed by atoms with Crippen LogP contribution in [0.25, 0.3) is 0 Å². The van der Waals surface area contributed by atoms with Crippen molar-refractivity contribution in [3.63, 3.8) is 0 Å². The summed E-state index contributed by atoms with van der Waals surface area (Å²) < 4.78 is 1.54. The van der Waals surface area contributed by atoms with E-state index in [0.29, 0.717) is 13.0 Å². The van der Waals surface area contributed by atoms with Crippen LogP contribution in [0.5, 0.6) is 0 Å². The summed E-state index contributed by atoms with van der Waals surface area (Å²) in [5.41, 5.74) is -0.256. The maximum atomic E-state index is 12.0. The van der Waals surface area contributed by atoms with Gasteiger partial charge in [-0.1, -0.05) is 6.92 Å². The zero-order valence-corrected chi connectivity index (χ0v) is 10.7. The average molecular weight is 264 g/mol. The molecule has 1 aromatic heterocycles. The van der Waals surface area contributed by atoms with E-state index in [1.165, 1.54) is 6.20 Å². The van der Waals surface area contributed by atoms with Gasteiger partial charge in [-0.15, -0.1) is 0 Å². The van der Waals surface area contributed by atoms with Crippen molar-refractivity contribution >= 4 is 17.6 Å². The van der Waals surface area contributed by atoms with E-state index in [4.69, 9.17) is 0 Å². The van der Waals surface area contributed by atoms with Gasteiger partial charge in [0, 0.05) is 25.4 Å². The van der Waals surface area contributed by atoms with Crippen molar-refractivity contribution in [3.05, 3.63) is 22.7 Å². The number of amides is 2. The number of hydrogen-bond acceptors (Lipinski definition) is 5. The minimum absolute atomic E-state index is 0.144. The summed E-state index contributed by atoms with van der Waals surface area (Å²) in [7, 11) is 0. The smallest absolute Gasteiger partial charge is 0.293 e. The van der Waals surface area contributed by atoms with Crippen molar-refractivity contribution in [3.8, 4) is 0 Å². The molecule has 1 unspecified atom stereocenters. The highest BCUT2D eigenvalue weighted by atomic mass is 16.2. The fourth-order valence-electron chi connectivity index (χ4n) is 1.96. The number of carbonyl (C=O) groups excluding carboxylic acids is 2. The Morgan fingerprint density at radius 1 is 1.47 bits per heavy atom. The summed E-state index contributed by atoms with van der Waals surface area (Å²) in [6, 6.07) is -0.588. The van der Waals surface area contributed by atoms with Crippen LogP contribution in [0.2, 0.25) is 0 Å². The fraction of sp³-hybridized carbons (Fsp3) is 0.500. The number of piperidine rings is 1. The highest BCUT2D eigenvalue weighted by Gasteiger charge is 2.27. The minimum atomic E-state index is -0.588. The SMILES string of the molecule is CCCn1ccnc(NC2CCC(=O)NC2=O)c1=O. The van der Waals surface area contributed by atoms with Crippen LogP contribution in [0.4, 0.5) is 5.82 Å². The molecule has 1 saturated heterocycles. The van der Waals surface area contributed by atoms with E-state index in [0.717, 1.165) is 6.42 Å². The first-order valence-electron chi connectivity index (χ1n) is 6.27. The van der Waals surface area contributed by atoms with Gasteiger partial charge in [-0.2, -0.15) is 0 Å². The second-order valence-electron chi connectivity index (χ2n) is 4.42. The lowest BCUT2D eigenvalue weighted by Crippen LogP contribution is -2.48. The molecule has 0 saturated carbocycles. The molecule has 7 heteroatoms. The van der Waals surface area contributed by atoms with Crippen molar-refractivity contribution < 1.29 is 9.59 Å². The molecule has 0 aliphatic carbocycles. The van der Waals surface area contributed by atoms with Gasteiger partial charge in [0.15, 0.2) is 5.82 Å². The maximum absolute atomic E-state index is 12.0. The number of anilines is 1. The van der Waals surface area contributed by atoms with Crippen LogP contribution in [0.15, 0.2) is 17.2 Å². The predicted octanol–water partition coefficient (Wildman–Crippen LogP) is -0.130. The summed E-state index contributed by atoms with van der Waals surface area (Å²) in [5, 5.41) is 5.04. The van der Waals surface area contributed by atoms with E-state index in [1.54, 1.807) is 10.8 Å². The molecular formula is C12H16N4O3. The molecule has 0 bridgehead atoms. The number of hydrogen-bond donors (Lipinski definition) is 2. The molecule has 102 valence electrons. The number of imide groups is 1. The number of nitrogens with zero attached hydrogens (tertiary/aromatic N) is 2. The summed E-state index contributed by atoms with van der Waals surface area (Å²) in [5.74, 6) is -0.554. The molecule has 2 N–H and O–H groups in total. The molecule has 0 spiro atoms. The molecule has 1 aromatic rings. The Morgan fingerprint density at radius 2 is 2.26 bits per heavy atom. The third-order valence-electron chi connectivity index (χ3n) is 2.93. The molecule has 2 heterocycles. The topological polar surface area (TPSA) is 93.1 Å². The van der Waals surface area contributed by atoms with Gasteiger partial charge in [-0.25, -0.2) is 4.98 Å². The van der Waals surface area contributed by atoms with Crippen molar-refractivity contribution in [2.75, 3.05) is 5.32 Å². The van der Waals surface area contributed by atoms with E-state index in [9.17, 15) is 14.4 Å². The van der Waals surface area contributed by atoms with Crippen LogP contribution in [0.3, 0.4) is 0 Å². The molecule has 1 aliphatic heterocycles. The number of carbonyl (C=O) groups is 2. The van der Waals surface area contributed by atoms with E-state index in [-0.39, 0.29) is 23.7 Å². The number of aromatic nitrogens is 2. The van der Waals surface area contributed by atoms with Gasteiger partial charge in [0.1, 0.15) is 6.04 Å². The molecule has 2 rings (SSSR count). The van der Waals surface area contributed by atoms with Gasteiger partial charge in [0.05, 0.1) is 0 Å². The minimum Gasteiger partial charge on any atom is -0.354 e. The highest BCUT2D eigenvalue weighted by molar-refractivity contribution is 6.01. The van der Waals surface area contributed by atoms with Crippen LogP contribution in [-0.2, 0) is 16.1 Å². The third kappa shape index (κ3) is 2.98. The molecule has 1 atom stereocenters. The normalized spacial score (nSPS) is 19.1. The molecule has 7 nitrogen and oxygen atoms in total. The molecule has 19 heavy (non-hydrogen) atoms. The van der Waals surface area contributed by atoms with Gasteiger partial charge < -0.3 is 9.88 Å². The molecule has 1 aliphatic rings. The van der Waals surface area contributed by atoms with Crippen LogP contribution in [0.1, 0.15) is 26.2 Å². The van der Waals surface area contributed by atoms with Gasteiger partial charge in [-0.05, 0) is 12.8 Å². The largest absolute Gasteiger partial charge is 0.354 e. The first kappa shape index (κ1) is 13.3. The third-order valence-corrected chi connectivity index (χ3v) is 2.93. The van der Waals surface area contributed by atoms with Crippen molar-refractivity contribution in [2.24, 2.45) is 0 Å². The first-order chi connectivity index (χ1) is 9.11. The predicted molar refractivity (Wildman–Crippen MR) is 68.6 cm³/mol. The van der Waals surface area contributed by atoms with Gasteiger partial charge in [-0.3, -0.25) is 19.7 Å². The van der Waals surface area contributed by atoms with Gasteiger partial charge in [0.2, 0.25) is 11.8 Å². The van der Waals surface area contributed by atoms with Crippen LogP contribution in [0, 0.1) is 0 Å². The Hall–Kier alpha value is -2.18. The number of aryl methyl sites for hydroxylation is 1. The Bertz CT molecular complexity index is 552. The van der Waals surface area contributed by atoms with Gasteiger partial charge >= 0.3 is 0 Å². The summed E-state index contributed by atoms with van der Waals surface area (Å²) in [4.78, 5) is 38.6. The summed E-state index contributed by atoms with van der Waals surface area (Å²) in [6.45, 7) is 2.57. The lowest BCUT2D eigenvalue weighted by molar-refractivity contribution is -0.133. The Balaban J connectivity index is 2.15. The Labute approximate surface area is 110 Å². The first-order valence-corrected chi connectivity index (χ1v) is 6.27. The monoisotopic (exact) mass is 264 g/mol. The molecule has 1 fully saturated rings. The summed E-state index contributed by atoms with van der Waals surface area (Å²) in [6.07, 6.45) is 4.60. The van der Waals surface area contributed by atoms with Crippen molar-refractivity contribution in [1.82, 2.24) is 14.9 Å². The Morgan fingerprint density at radius 3 is 2.95 bits per heavy atom. The van der Waals surface area contributed by atoms with E-state index in [1.807, 2.05) is 6.92 Å². The second-order valence-corrected chi connectivity index (χ2v) is 4.42. The lowest BCUT2D eigenvalue weighted by Gasteiger charge is -2.22. The van der Waals surface area contributed by atoms with Gasteiger partial charge in [0.25, 0.3) is 5.56 Å². The van der Waals surface area contributed by atoms with E-state index in [2.05, 4.69) is 15.6 Å². The van der Waals surface area contributed by atoms with Crippen molar-refractivity contribution in [1.29, 1.82) is 0 Å². The number of nitrogens with one attached hydrogen (secondary N) is 2. The molecular weight excluding hydrogens is 248 g/mol. The molecule has 0 radical (unpaired) electrons. The van der Waals surface area contributed by atoms with E-state index < -0.39 is 11.9 Å². The van der Waals surface area contributed by atoms with Crippen LogP contribution < -0.4 is 16.2 Å². The van der Waals surface area contributed by atoms with Crippen LogP contribution >= 0.6 is 0 Å². The molecule has 2 amide bonds. The highest BCUT2D eigenvalue weighted by Crippen LogP contribution is 2.08. The Kier molecular flexibility index (Phi) is 3.94. The zero-order chi connectivity index (χ0) is 13.8. The lowest BCUT2D eigenvalue weighted by atomic mass is 10.1. The maximum Gasteiger partial charge on any atom is 0.293 e. The summed E-state index contributed by atoms with van der Waals surface area (Å²) >= 11 is 0. The fourth-order valence-corrected chi connectivity index (χ4v) is 1.96.